The number of benzene rings is 1. The van der Waals surface area contributed by atoms with E-state index in [9.17, 15) is 14.3 Å². The number of carbonyl (C=O) groups excluding carboxylic acids is 1. The Bertz CT molecular complexity index is 736. The second-order valence-electron chi connectivity index (χ2n) is 6.20. The molecule has 1 amide bonds. The summed E-state index contributed by atoms with van der Waals surface area (Å²) in [5, 5.41) is 16.6. The van der Waals surface area contributed by atoms with Crippen LogP contribution in [0.4, 0.5) is 4.39 Å². The molecule has 25 heavy (non-hydrogen) atoms. The first kappa shape index (κ1) is 17.3. The Morgan fingerprint density at radius 3 is 2.96 bits per heavy atom. The second-order valence-corrected chi connectivity index (χ2v) is 6.20. The van der Waals surface area contributed by atoms with Gasteiger partial charge in [-0.3, -0.25) is 4.79 Å². The van der Waals surface area contributed by atoms with E-state index in [-0.39, 0.29) is 30.1 Å². The fraction of sp³-hybridized carbons (Fsp3) is 0.471. The lowest BCUT2D eigenvalue weighted by molar-refractivity contribution is -0.123. The molecule has 2 aromatic rings. The van der Waals surface area contributed by atoms with Crippen molar-refractivity contribution < 1.29 is 23.6 Å². The molecule has 0 unspecified atom stereocenters. The van der Waals surface area contributed by atoms with Gasteiger partial charge >= 0.3 is 0 Å². The summed E-state index contributed by atoms with van der Waals surface area (Å²) >= 11 is 0. The zero-order valence-corrected chi connectivity index (χ0v) is 13.8. The highest BCUT2D eigenvalue weighted by Gasteiger charge is 2.36. The van der Waals surface area contributed by atoms with E-state index in [1.165, 1.54) is 12.1 Å². The van der Waals surface area contributed by atoms with Crippen molar-refractivity contribution in [2.24, 2.45) is 5.92 Å². The number of halogens is 1. The topological polar surface area (TPSA) is 97.5 Å². The van der Waals surface area contributed by atoms with Gasteiger partial charge in [-0.1, -0.05) is 17.3 Å². The number of aliphatic hydroxyl groups is 1. The standard InChI is InChI=1S/C17H20FN3O4/c1-10-20-17(25-21-10)11-6-12(14(22)7-11)8-19-16(23)9-24-15-5-3-2-4-13(15)18/h2-5,11-12,14,22H,6-9H2,1H3,(H,19,23)/t11-,12+,14+/m0/s1. The van der Waals surface area contributed by atoms with Crippen LogP contribution in [-0.4, -0.2) is 40.4 Å². The van der Waals surface area contributed by atoms with Gasteiger partial charge in [0.05, 0.1) is 6.10 Å². The van der Waals surface area contributed by atoms with E-state index in [0.29, 0.717) is 31.1 Å². The quantitative estimate of drug-likeness (QED) is 0.821. The number of carbonyl (C=O) groups is 1. The van der Waals surface area contributed by atoms with Gasteiger partial charge in [-0.25, -0.2) is 4.39 Å². The van der Waals surface area contributed by atoms with Crippen LogP contribution in [0, 0.1) is 18.7 Å². The van der Waals surface area contributed by atoms with Crippen LogP contribution in [0.25, 0.3) is 0 Å². The van der Waals surface area contributed by atoms with Gasteiger partial charge in [0.2, 0.25) is 5.89 Å². The molecule has 3 atom stereocenters. The Morgan fingerprint density at radius 2 is 2.24 bits per heavy atom. The van der Waals surface area contributed by atoms with Crippen molar-refractivity contribution in [2.45, 2.75) is 31.8 Å². The highest BCUT2D eigenvalue weighted by Crippen LogP contribution is 2.37. The lowest BCUT2D eigenvalue weighted by Crippen LogP contribution is -2.35. The number of aliphatic hydroxyl groups excluding tert-OH is 1. The number of nitrogens with zero attached hydrogens (tertiary/aromatic N) is 2. The zero-order valence-electron chi connectivity index (χ0n) is 13.8. The van der Waals surface area contributed by atoms with E-state index in [4.69, 9.17) is 9.26 Å². The Morgan fingerprint density at radius 1 is 1.44 bits per heavy atom. The largest absolute Gasteiger partial charge is 0.481 e. The Labute approximate surface area is 144 Å². The summed E-state index contributed by atoms with van der Waals surface area (Å²) in [7, 11) is 0. The van der Waals surface area contributed by atoms with Crippen LogP contribution in [0.1, 0.15) is 30.5 Å². The molecule has 1 aromatic carbocycles. The molecule has 0 saturated heterocycles. The van der Waals surface area contributed by atoms with Crippen LogP contribution < -0.4 is 10.1 Å². The fourth-order valence-electron chi connectivity index (χ4n) is 3.00. The Balaban J connectivity index is 1.45. The van der Waals surface area contributed by atoms with E-state index in [2.05, 4.69) is 15.5 Å². The van der Waals surface area contributed by atoms with Crippen LogP contribution in [0.3, 0.4) is 0 Å². The second kappa shape index (κ2) is 7.60. The number of ether oxygens (including phenoxy) is 1. The van der Waals surface area contributed by atoms with Crippen LogP contribution in [0.2, 0.25) is 0 Å². The van der Waals surface area contributed by atoms with Crippen LogP contribution in [0.5, 0.6) is 5.75 Å². The molecule has 7 nitrogen and oxygen atoms in total. The number of hydrogen-bond acceptors (Lipinski definition) is 6. The molecular formula is C17H20FN3O4. The SMILES string of the molecule is Cc1noc([C@H]2C[C@H](CNC(=O)COc3ccccc3F)[C@H](O)C2)n1. The van der Waals surface area contributed by atoms with Crippen LogP contribution in [-0.2, 0) is 4.79 Å². The molecule has 1 aliphatic carbocycles. The summed E-state index contributed by atoms with van der Waals surface area (Å²) in [6.07, 6.45) is 0.621. The summed E-state index contributed by atoms with van der Waals surface area (Å²) in [5.74, 6) is 0.124. The number of para-hydroxylation sites is 1. The van der Waals surface area contributed by atoms with E-state index in [1.54, 1.807) is 19.1 Å². The van der Waals surface area contributed by atoms with Gasteiger partial charge in [-0.2, -0.15) is 4.98 Å². The minimum atomic E-state index is -0.551. The molecule has 0 spiro atoms. The predicted molar refractivity (Wildman–Crippen MR) is 85.4 cm³/mol. The summed E-state index contributed by atoms with van der Waals surface area (Å²) in [6.45, 7) is 1.77. The number of nitrogens with one attached hydrogen (secondary N) is 1. The normalized spacial score (nSPS) is 22.8. The zero-order chi connectivity index (χ0) is 17.8. The maximum atomic E-state index is 13.4. The van der Waals surface area contributed by atoms with E-state index in [1.807, 2.05) is 0 Å². The lowest BCUT2D eigenvalue weighted by atomic mass is 10.0. The molecule has 0 radical (unpaired) electrons. The van der Waals surface area contributed by atoms with Crippen molar-refractivity contribution in [3.63, 3.8) is 0 Å². The van der Waals surface area contributed by atoms with Crippen LogP contribution >= 0.6 is 0 Å². The molecule has 1 aliphatic rings. The number of amides is 1. The van der Waals surface area contributed by atoms with E-state index < -0.39 is 11.9 Å². The number of hydrogen-bond donors (Lipinski definition) is 2. The molecule has 134 valence electrons. The third kappa shape index (κ3) is 4.33. The maximum Gasteiger partial charge on any atom is 0.257 e. The first-order valence-corrected chi connectivity index (χ1v) is 8.15. The van der Waals surface area contributed by atoms with Crippen molar-refractivity contribution in [1.82, 2.24) is 15.5 Å². The molecule has 1 aromatic heterocycles. The summed E-state index contributed by atoms with van der Waals surface area (Å²) < 4.78 is 23.7. The van der Waals surface area contributed by atoms with Gasteiger partial charge < -0.3 is 19.7 Å². The smallest absolute Gasteiger partial charge is 0.257 e. The summed E-state index contributed by atoms with van der Waals surface area (Å²) in [4.78, 5) is 16.1. The van der Waals surface area contributed by atoms with Crippen molar-refractivity contribution >= 4 is 5.91 Å². The Kier molecular flexibility index (Phi) is 5.28. The molecule has 3 rings (SSSR count). The maximum absolute atomic E-state index is 13.4. The summed E-state index contributed by atoms with van der Waals surface area (Å²) in [5.41, 5.74) is 0. The third-order valence-corrected chi connectivity index (χ3v) is 4.31. The van der Waals surface area contributed by atoms with Crippen molar-refractivity contribution in [3.05, 3.63) is 41.8 Å². The fourth-order valence-corrected chi connectivity index (χ4v) is 3.00. The molecular weight excluding hydrogens is 329 g/mol. The monoisotopic (exact) mass is 349 g/mol. The average molecular weight is 349 g/mol. The lowest BCUT2D eigenvalue weighted by Gasteiger charge is -2.15. The summed E-state index contributed by atoms with van der Waals surface area (Å²) in [6, 6.07) is 5.90. The van der Waals surface area contributed by atoms with Gasteiger partial charge in [-0.05, 0) is 31.9 Å². The van der Waals surface area contributed by atoms with Crippen LogP contribution in [0.15, 0.2) is 28.8 Å². The van der Waals surface area contributed by atoms with Gasteiger partial charge in [0.1, 0.15) is 0 Å². The van der Waals surface area contributed by atoms with Crippen molar-refractivity contribution in [1.29, 1.82) is 0 Å². The van der Waals surface area contributed by atoms with Crippen molar-refractivity contribution in [2.75, 3.05) is 13.2 Å². The number of aryl methyl sites for hydroxylation is 1. The molecule has 2 N–H and O–H groups in total. The van der Waals surface area contributed by atoms with E-state index >= 15 is 0 Å². The average Bonchev–Trinajstić information content (AvgIpc) is 3.18. The van der Waals surface area contributed by atoms with Crippen molar-refractivity contribution in [3.8, 4) is 5.75 Å². The highest BCUT2D eigenvalue weighted by atomic mass is 19.1. The number of aromatic nitrogens is 2. The molecule has 1 fully saturated rings. The van der Waals surface area contributed by atoms with Gasteiger partial charge in [0, 0.05) is 18.4 Å². The Hall–Kier alpha value is -2.48. The number of rotatable bonds is 6. The predicted octanol–water partition coefficient (Wildman–Crippen LogP) is 1.57. The van der Waals surface area contributed by atoms with Gasteiger partial charge in [-0.15, -0.1) is 0 Å². The molecule has 0 bridgehead atoms. The molecule has 8 heteroatoms. The molecule has 1 heterocycles. The highest BCUT2D eigenvalue weighted by molar-refractivity contribution is 5.77. The molecule has 1 saturated carbocycles. The minimum Gasteiger partial charge on any atom is -0.481 e. The molecule has 0 aliphatic heterocycles. The van der Waals surface area contributed by atoms with Gasteiger partial charge in [0.25, 0.3) is 5.91 Å². The first-order chi connectivity index (χ1) is 12.0. The third-order valence-electron chi connectivity index (χ3n) is 4.31. The van der Waals surface area contributed by atoms with E-state index in [0.717, 1.165) is 0 Å². The first-order valence-electron chi connectivity index (χ1n) is 8.15. The van der Waals surface area contributed by atoms with Gasteiger partial charge in [0.15, 0.2) is 24.0 Å². The minimum absolute atomic E-state index is 0.00670.